The zero-order valence-electron chi connectivity index (χ0n) is 21.2. The Morgan fingerprint density at radius 3 is 2.24 bits per heavy atom. The normalized spacial score (nSPS) is 16.5. The van der Waals surface area contributed by atoms with E-state index >= 15 is 0 Å². The van der Waals surface area contributed by atoms with Gasteiger partial charge in [-0.2, -0.15) is 0 Å². The molecule has 3 aromatic rings. The molecule has 1 saturated heterocycles. The van der Waals surface area contributed by atoms with Crippen molar-refractivity contribution < 1.29 is 33.6 Å². The van der Waals surface area contributed by atoms with Gasteiger partial charge < -0.3 is 29.0 Å². The summed E-state index contributed by atoms with van der Waals surface area (Å²) in [5.41, 5.74) is 1.80. The molecule has 1 aliphatic heterocycles. The number of benzene rings is 3. The van der Waals surface area contributed by atoms with Gasteiger partial charge in [-0.15, -0.1) is 0 Å². The lowest BCUT2D eigenvalue weighted by atomic mass is 9.94. The summed E-state index contributed by atoms with van der Waals surface area (Å²) in [5, 5.41) is 11.4. The maximum Gasteiger partial charge on any atom is 0.295 e. The number of hydrogen-bond donors (Lipinski definition) is 1. The number of aliphatic hydroxyl groups excluding tert-OH is 1. The zero-order valence-corrected chi connectivity index (χ0v) is 21.2. The monoisotopic (exact) mass is 503 g/mol. The molecule has 0 aliphatic carbocycles. The second-order valence-electron chi connectivity index (χ2n) is 8.50. The van der Waals surface area contributed by atoms with Crippen molar-refractivity contribution in [2.24, 2.45) is 0 Å². The Kier molecular flexibility index (Phi) is 7.67. The van der Waals surface area contributed by atoms with E-state index in [-0.39, 0.29) is 24.5 Å². The smallest absolute Gasteiger partial charge is 0.295 e. The Morgan fingerprint density at radius 1 is 0.865 bits per heavy atom. The van der Waals surface area contributed by atoms with E-state index in [0.29, 0.717) is 34.1 Å². The van der Waals surface area contributed by atoms with Crippen LogP contribution in [0.1, 0.15) is 22.7 Å². The number of likely N-dealkylation sites (tertiary alicyclic amines) is 1. The van der Waals surface area contributed by atoms with Crippen LogP contribution < -0.4 is 18.9 Å². The van der Waals surface area contributed by atoms with Crippen molar-refractivity contribution >= 4 is 17.4 Å². The van der Waals surface area contributed by atoms with Gasteiger partial charge in [-0.3, -0.25) is 9.59 Å². The van der Waals surface area contributed by atoms with Crippen LogP contribution in [0.25, 0.3) is 5.76 Å². The number of ether oxygens (including phenoxy) is 4. The van der Waals surface area contributed by atoms with Gasteiger partial charge in [0.25, 0.3) is 11.7 Å². The van der Waals surface area contributed by atoms with Crippen molar-refractivity contribution in [2.75, 3.05) is 34.5 Å². The highest BCUT2D eigenvalue weighted by molar-refractivity contribution is 6.46. The van der Waals surface area contributed by atoms with Gasteiger partial charge in [-0.25, -0.2) is 0 Å². The van der Waals surface area contributed by atoms with E-state index < -0.39 is 17.7 Å². The number of rotatable bonds is 9. The molecule has 3 aromatic carbocycles. The van der Waals surface area contributed by atoms with Crippen molar-refractivity contribution in [3.05, 3.63) is 89.0 Å². The van der Waals surface area contributed by atoms with Gasteiger partial charge in [0, 0.05) is 0 Å². The molecule has 1 N–H and O–H groups in total. The molecule has 0 aromatic heterocycles. The second kappa shape index (κ2) is 11.1. The van der Waals surface area contributed by atoms with Crippen LogP contribution in [0, 0.1) is 6.92 Å². The molecule has 8 nitrogen and oxygen atoms in total. The highest BCUT2D eigenvalue weighted by Gasteiger charge is 2.46. The minimum absolute atomic E-state index is 0.0217. The predicted octanol–water partition coefficient (Wildman–Crippen LogP) is 4.52. The van der Waals surface area contributed by atoms with Crippen LogP contribution in [0.5, 0.6) is 23.0 Å². The average molecular weight is 504 g/mol. The minimum Gasteiger partial charge on any atom is -0.507 e. The summed E-state index contributed by atoms with van der Waals surface area (Å²) >= 11 is 0. The summed E-state index contributed by atoms with van der Waals surface area (Å²) in [5.74, 6) is 0.442. The lowest BCUT2D eigenvalue weighted by molar-refractivity contribution is -0.140. The maximum absolute atomic E-state index is 13.3. The van der Waals surface area contributed by atoms with Crippen LogP contribution in [0.15, 0.2) is 72.3 Å². The summed E-state index contributed by atoms with van der Waals surface area (Å²) < 4.78 is 21.8. The standard InChI is InChI=1S/C29H29NO7/c1-18-8-13-24(36-4)23(16-18)27(31)25-26(19-6-5-7-22(17-19)35-3)30(29(33)28(25)32)14-15-37-21-11-9-20(34-2)10-12-21/h5-13,16-17,26,31H,14-15H2,1-4H3/b27-25+. The molecule has 1 heterocycles. The molecule has 37 heavy (non-hydrogen) atoms. The summed E-state index contributed by atoms with van der Waals surface area (Å²) in [6.45, 7) is 2.11. The van der Waals surface area contributed by atoms with Crippen LogP contribution in [-0.2, 0) is 9.59 Å². The predicted molar refractivity (Wildman–Crippen MR) is 138 cm³/mol. The largest absolute Gasteiger partial charge is 0.507 e. The molecule has 1 atom stereocenters. The first-order valence-electron chi connectivity index (χ1n) is 11.7. The van der Waals surface area contributed by atoms with E-state index in [1.54, 1.807) is 67.8 Å². The van der Waals surface area contributed by atoms with Crippen LogP contribution in [-0.4, -0.2) is 56.2 Å². The number of carbonyl (C=O) groups is 2. The number of aliphatic hydroxyl groups is 1. The van der Waals surface area contributed by atoms with E-state index in [4.69, 9.17) is 18.9 Å². The lowest BCUT2D eigenvalue weighted by Crippen LogP contribution is -2.33. The number of amides is 1. The third-order valence-electron chi connectivity index (χ3n) is 6.22. The minimum atomic E-state index is -0.847. The Bertz CT molecular complexity index is 1330. The van der Waals surface area contributed by atoms with Gasteiger partial charge in [-0.05, 0) is 61.0 Å². The molecule has 1 fully saturated rings. The van der Waals surface area contributed by atoms with Crippen molar-refractivity contribution in [3.63, 3.8) is 0 Å². The maximum atomic E-state index is 13.3. The van der Waals surface area contributed by atoms with Gasteiger partial charge in [-0.1, -0.05) is 23.8 Å². The topological polar surface area (TPSA) is 94.5 Å². The number of ketones is 1. The van der Waals surface area contributed by atoms with Gasteiger partial charge in [0.1, 0.15) is 35.4 Å². The lowest BCUT2D eigenvalue weighted by Gasteiger charge is -2.25. The van der Waals surface area contributed by atoms with Gasteiger partial charge in [0.05, 0.1) is 45.1 Å². The molecule has 1 amide bonds. The Labute approximate surface area is 215 Å². The van der Waals surface area contributed by atoms with E-state index in [2.05, 4.69) is 0 Å². The van der Waals surface area contributed by atoms with Gasteiger partial charge in [0.2, 0.25) is 0 Å². The van der Waals surface area contributed by atoms with Crippen LogP contribution in [0.3, 0.4) is 0 Å². The first kappa shape index (κ1) is 25.6. The molecule has 192 valence electrons. The number of Topliss-reactive ketones (excluding diaryl/α,β-unsaturated/α-hetero) is 1. The SMILES string of the molecule is COc1ccc(OCCN2C(=O)C(=O)/C(=C(/O)c3cc(C)ccc3OC)C2c2cccc(OC)c2)cc1. The molecule has 0 saturated carbocycles. The summed E-state index contributed by atoms with van der Waals surface area (Å²) in [4.78, 5) is 28.0. The second-order valence-corrected chi connectivity index (χ2v) is 8.50. The highest BCUT2D eigenvalue weighted by Crippen LogP contribution is 2.41. The number of methoxy groups -OCH3 is 3. The average Bonchev–Trinajstić information content (AvgIpc) is 3.18. The van der Waals surface area contributed by atoms with Crippen LogP contribution in [0.2, 0.25) is 0 Å². The van der Waals surface area contributed by atoms with Gasteiger partial charge >= 0.3 is 0 Å². The fourth-order valence-corrected chi connectivity index (χ4v) is 4.35. The fraction of sp³-hybridized carbons (Fsp3) is 0.241. The van der Waals surface area contributed by atoms with Crippen molar-refractivity contribution in [1.82, 2.24) is 4.90 Å². The van der Waals surface area contributed by atoms with E-state index in [1.807, 2.05) is 13.0 Å². The number of nitrogens with zero attached hydrogens (tertiary/aromatic N) is 1. The molecular formula is C29H29NO7. The van der Waals surface area contributed by atoms with Gasteiger partial charge in [0.15, 0.2) is 0 Å². The molecule has 0 radical (unpaired) electrons. The number of carbonyl (C=O) groups excluding carboxylic acids is 2. The molecule has 0 bridgehead atoms. The Hall–Kier alpha value is -4.46. The molecule has 1 aliphatic rings. The third-order valence-corrected chi connectivity index (χ3v) is 6.22. The van der Waals surface area contributed by atoms with Crippen LogP contribution in [0.4, 0.5) is 0 Å². The molecule has 0 spiro atoms. The van der Waals surface area contributed by atoms with Crippen LogP contribution >= 0.6 is 0 Å². The number of hydrogen-bond acceptors (Lipinski definition) is 7. The quantitative estimate of drug-likeness (QED) is 0.261. The van der Waals surface area contributed by atoms with Crippen molar-refractivity contribution in [2.45, 2.75) is 13.0 Å². The Morgan fingerprint density at radius 2 is 1.57 bits per heavy atom. The summed E-state index contributed by atoms with van der Waals surface area (Å²) in [6, 6.07) is 18.6. The Balaban J connectivity index is 1.73. The highest BCUT2D eigenvalue weighted by atomic mass is 16.5. The first-order valence-corrected chi connectivity index (χ1v) is 11.7. The third kappa shape index (κ3) is 5.23. The fourth-order valence-electron chi connectivity index (χ4n) is 4.35. The summed E-state index contributed by atoms with van der Waals surface area (Å²) in [7, 11) is 4.60. The van der Waals surface area contributed by atoms with Crippen molar-refractivity contribution in [1.29, 1.82) is 0 Å². The summed E-state index contributed by atoms with van der Waals surface area (Å²) in [6.07, 6.45) is 0. The van der Waals surface area contributed by atoms with Crippen molar-refractivity contribution in [3.8, 4) is 23.0 Å². The van der Waals surface area contributed by atoms with E-state index in [9.17, 15) is 14.7 Å². The molecule has 4 rings (SSSR count). The van der Waals surface area contributed by atoms with E-state index in [1.165, 1.54) is 19.1 Å². The molecular weight excluding hydrogens is 474 g/mol. The zero-order chi connectivity index (χ0) is 26.5. The number of aryl methyl sites for hydroxylation is 1. The first-order chi connectivity index (χ1) is 17.9. The molecule has 8 heteroatoms. The van der Waals surface area contributed by atoms with E-state index in [0.717, 1.165) is 5.56 Å². The molecule has 1 unspecified atom stereocenters.